The number of nitrogens with zero attached hydrogens (tertiary/aromatic N) is 2. The van der Waals surface area contributed by atoms with Crippen molar-refractivity contribution in [3.63, 3.8) is 0 Å². The zero-order valence-corrected chi connectivity index (χ0v) is 14.0. The summed E-state index contributed by atoms with van der Waals surface area (Å²) in [5, 5.41) is 10.5. The minimum Gasteiger partial charge on any atom is -0.491 e. The molecule has 2 aromatic rings. The van der Waals surface area contributed by atoms with E-state index >= 15 is 0 Å². The molecule has 1 aliphatic heterocycles. The summed E-state index contributed by atoms with van der Waals surface area (Å²) in [7, 11) is 1.80. The van der Waals surface area contributed by atoms with Gasteiger partial charge < -0.3 is 15.4 Å². The first-order chi connectivity index (χ1) is 10.5. The lowest BCUT2D eigenvalue weighted by atomic mass is 10.2. The van der Waals surface area contributed by atoms with Crippen LogP contribution in [0.5, 0.6) is 5.75 Å². The number of fused-ring (bicyclic) bond motifs is 1. The molecule has 0 radical (unpaired) electrons. The van der Waals surface area contributed by atoms with E-state index in [4.69, 9.17) is 4.74 Å². The number of aryl methyl sites for hydroxylation is 2. The Kier molecular flexibility index (Phi) is 4.06. The Hall–Kier alpha value is -2.02. The Bertz CT molecular complexity index is 727. The fourth-order valence-electron chi connectivity index (χ4n) is 2.46. The molecule has 22 heavy (non-hydrogen) atoms. The van der Waals surface area contributed by atoms with Gasteiger partial charge in [0.15, 0.2) is 0 Å². The lowest BCUT2D eigenvalue weighted by Crippen LogP contribution is -2.14. The van der Waals surface area contributed by atoms with Crippen LogP contribution in [0.2, 0.25) is 0 Å². The molecule has 2 heterocycles. The molecule has 0 saturated carbocycles. The summed E-state index contributed by atoms with van der Waals surface area (Å²) in [6, 6.07) is 3.77. The Balaban J connectivity index is 1.93. The number of halogens is 1. The van der Waals surface area contributed by atoms with Crippen molar-refractivity contribution in [2.75, 3.05) is 23.8 Å². The quantitative estimate of drug-likeness (QED) is 0.859. The molecule has 116 valence electrons. The molecule has 0 atom stereocenters. The van der Waals surface area contributed by atoms with E-state index in [2.05, 4.69) is 31.7 Å². The van der Waals surface area contributed by atoms with Crippen molar-refractivity contribution in [1.82, 2.24) is 9.78 Å². The first kappa shape index (κ1) is 14.9. The van der Waals surface area contributed by atoms with E-state index < -0.39 is 0 Å². The van der Waals surface area contributed by atoms with Crippen LogP contribution in [0.15, 0.2) is 22.8 Å². The van der Waals surface area contributed by atoms with Gasteiger partial charge in [0.05, 0.1) is 23.6 Å². The average Bonchev–Trinajstić information content (AvgIpc) is 2.66. The number of aromatic nitrogens is 2. The summed E-state index contributed by atoms with van der Waals surface area (Å²) in [5.74, 6) is 0.557. The first-order valence-electron chi connectivity index (χ1n) is 7.06. The number of hydrogen-bond acceptors (Lipinski definition) is 4. The van der Waals surface area contributed by atoms with E-state index in [0.29, 0.717) is 23.6 Å². The second-order valence-corrected chi connectivity index (χ2v) is 6.13. The lowest BCUT2D eigenvalue weighted by molar-refractivity contribution is 0.102. The van der Waals surface area contributed by atoms with Crippen LogP contribution in [0.4, 0.5) is 11.4 Å². The van der Waals surface area contributed by atoms with Crippen molar-refractivity contribution >= 4 is 33.2 Å². The summed E-state index contributed by atoms with van der Waals surface area (Å²) >= 11 is 3.46. The maximum Gasteiger partial charge on any atom is 0.259 e. The second kappa shape index (κ2) is 6.00. The van der Waals surface area contributed by atoms with Gasteiger partial charge in [0.25, 0.3) is 5.91 Å². The normalized spacial score (nSPS) is 13.6. The van der Waals surface area contributed by atoms with Crippen LogP contribution >= 0.6 is 15.9 Å². The number of amides is 1. The number of benzene rings is 1. The number of carbonyl (C=O) groups is 1. The molecule has 0 aliphatic carbocycles. The third kappa shape index (κ3) is 2.94. The molecular formula is C15H17BrN4O2. The molecule has 0 fully saturated rings. The average molecular weight is 365 g/mol. The molecule has 7 heteroatoms. The highest BCUT2D eigenvalue weighted by atomic mass is 79.9. The fourth-order valence-corrected chi connectivity index (χ4v) is 2.89. The van der Waals surface area contributed by atoms with E-state index in [1.54, 1.807) is 17.9 Å². The third-order valence-electron chi connectivity index (χ3n) is 3.45. The summed E-state index contributed by atoms with van der Waals surface area (Å²) in [6.45, 7) is 3.28. The molecule has 3 rings (SSSR count). The van der Waals surface area contributed by atoms with Crippen LogP contribution < -0.4 is 15.4 Å². The van der Waals surface area contributed by atoms with Crippen LogP contribution in [0.1, 0.15) is 22.5 Å². The molecule has 1 aromatic carbocycles. The molecular weight excluding hydrogens is 348 g/mol. The maximum absolute atomic E-state index is 12.5. The largest absolute Gasteiger partial charge is 0.491 e. The first-order valence-corrected chi connectivity index (χ1v) is 7.85. The zero-order valence-electron chi connectivity index (χ0n) is 12.4. The number of nitrogens with one attached hydrogen (secondary N) is 2. The smallest absolute Gasteiger partial charge is 0.259 e. The predicted octanol–water partition coefficient (Wildman–Crippen LogP) is 2.94. The monoisotopic (exact) mass is 364 g/mol. The van der Waals surface area contributed by atoms with Crippen LogP contribution in [0.3, 0.4) is 0 Å². The molecule has 0 spiro atoms. The van der Waals surface area contributed by atoms with Gasteiger partial charge in [-0.1, -0.05) is 15.9 Å². The van der Waals surface area contributed by atoms with Gasteiger partial charge in [-0.3, -0.25) is 9.48 Å². The van der Waals surface area contributed by atoms with Gasteiger partial charge in [0, 0.05) is 24.3 Å². The van der Waals surface area contributed by atoms with Gasteiger partial charge in [-0.25, -0.2) is 0 Å². The Morgan fingerprint density at radius 2 is 2.32 bits per heavy atom. The van der Waals surface area contributed by atoms with Gasteiger partial charge in [-0.2, -0.15) is 5.10 Å². The standard InChI is InChI=1S/C15H17BrN4O2/c1-9-11(8-20(2)19-9)15(21)18-12-6-10(16)7-13-14(12)17-4-3-5-22-13/h6-8,17H,3-5H2,1-2H3,(H,18,21). The molecule has 1 amide bonds. The van der Waals surface area contributed by atoms with Crippen molar-refractivity contribution in [2.24, 2.45) is 7.05 Å². The van der Waals surface area contributed by atoms with E-state index in [9.17, 15) is 4.79 Å². The zero-order chi connectivity index (χ0) is 15.7. The highest BCUT2D eigenvalue weighted by Crippen LogP contribution is 2.37. The molecule has 0 saturated heterocycles. The topological polar surface area (TPSA) is 68.2 Å². The highest BCUT2D eigenvalue weighted by Gasteiger charge is 2.18. The van der Waals surface area contributed by atoms with Gasteiger partial charge in [0.1, 0.15) is 11.4 Å². The van der Waals surface area contributed by atoms with Crippen LogP contribution in [-0.2, 0) is 7.05 Å². The highest BCUT2D eigenvalue weighted by molar-refractivity contribution is 9.10. The van der Waals surface area contributed by atoms with Gasteiger partial charge >= 0.3 is 0 Å². The van der Waals surface area contributed by atoms with Gasteiger partial charge in [-0.15, -0.1) is 0 Å². The Labute approximate surface area is 137 Å². The summed E-state index contributed by atoms with van der Waals surface area (Å²) in [4.78, 5) is 12.5. The number of carbonyl (C=O) groups excluding carboxylic acids is 1. The van der Waals surface area contributed by atoms with Gasteiger partial charge in [-0.05, 0) is 25.5 Å². The summed E-state index contributed by atoms with van der Waals surface area (Å²) < 4.78 is 8.21. The molecule has 1 aliphatic rings. The molecule has 0 bridgehead atoms. The number of ether oxygens (including phenoxy) is 1. The summed E-state index contributed by atoms with van der Waals surface area (Å²) in [5.41, 5.74) is 2.77. The fraction of sp³-hybridized carbons (Fsp3) is 0.333. The second-order valence-electron chi connectivity index (χ2n) is 5.21. The molecule has 6 nitrogen and oxygen atoms in total. The minimum absolute atomic E-state index is 0.183. The van der Waals surface area contributed by atoms with E-state index in [-0.39, 0.29) is 5.91 Å². The Morgan fingerprint density at radius 1 is 1.50 bits per heavy atom. The third-order valence-corrected chi connectivity index (χ3v) is 3.91. The van der Waals surface area contributed by atoms with Crippen LogP contribution in [-0.4, -0.2) is 28.8 Å². The lowest BCUT2D eigenvalue weighted by Gasteiger charge is -2.15. The molecule has 2 N–H and O–H groups in total. The molecule has 1 aromatic heterocycles. The SMILES string of the molecule is Cc1nn(C)cc1C(=O)Nc1cc(Br)cc2c1NCCCO2. The van der Waals surface area contributed by atoms with E-state index in [1.165, 1.54) is 0 Å². The summed E-state index contributed by atoms with van der Waals surface area (Å²) in [6.07, 6.45) is 2.63. The van der Waals surface area contributed by atoms with Crippen LogP contribution in [0, 0.1) is 6.92 Å². The number of rotatable bonds is 2. The maximum atomic E-state index is 12.5. The van der Waals surface area contributed by atoms with Crippen molar-refractivity contribution in [3.05, 3.63) is 34.1 Å². The Morgan fingerprint density at radius 3 is 3.05 bits per heavy atom. The van der Waals surface area contributed by atoms with Gasteiger partial charge in [0.2, 0.25) is 0 Å². The van der Waals surface area contributed by atoms with E-state index in [0.717, 1.165) is 28.9 Å². The van der Waals surface area contributed by atoms with Crippen molar-refractivity contribution in [3.8, 4) is 5.75 Å². The minimum atomic E-state index is -0.183. The van der Waals surface area contributed by atoms with Crippen molar-refractivity contribution in [1.29, 1.82) is 0 Å². The van der Waals surface area contributed by atoms with Crippen molar-refractivity contribution < 1.29 is 9.53 Å². The van der Waals surface area contributed by atoms with Crippen LogP contribution in [0.25, 0.3) is 0 Å². The van der Waals surface area contributed by atoms with E-state index in [1.807, 2.05) is 19.1 Å². The van der Waals surface area contributed by atoms with Crippen molar-refractivity contribution in [2.45, 2.75) is 13.3 Å². The number of anilines is 2. The predicted molar refractivity (Wildman–Crippen MR) is 88.6 cm³/mol. The molecule has 0 unspecified atom stereocenters. The number of hydrogen-bond donors (Lipinski definition) is 2.